The summed E-state index contributed by atoms with van der Waals surface area (Å²) in [4.78, 5) is 0. The summed E-state index contributed by atoms with van der Waals surface area (Å²) in [5.74, 6) is 1.57. The molecule has 0 amide bonds. The average Bonchev–Trinajstić information content (AvgIpc) is 2.23. The fourth-order valence-electron chi connectivity index (χ4n) is 1.66. The Balaban J connectivity index is 0.000000921. The second-order valence-electron chi connectivity index (χ2n) is 3.84. The van der Waals surface area contributed by atoms with Crippen molar-refractivity contribution in [3.63, 3.8) is 0 Å². The third-order valence-electron chi connectivity index (χ3n) is 2.39. The Hall–Kier alpha value is -0.980. The van der Waals surface area contributed by atoms with Gasteiger partial charge in [-0.15, -0.1) is 0 Å². The summed E-state index contributed by atoms with van der Waals surface area (Å²) in [6.07, 6.45) is 0. The Morgan fingerprint density at radius 3 is 2.00 bits per heavy atom. The van der Waals surface area contributed by atoms with Gasteiger partial charge in [0.2, 0.25) is 0 Å². The van der Waals surface area contributed by atoms with E-state index in [1.807, 2.05) is 13.8 Å². The zero-order chi connectivity index (χ0) is 12.0. The van der Waals surface area contributed by atoms with E-state index >= 15 is 0 Å². The maximum Gasteiger partial charge on any atom is 0.122 e. The molecule has 0 aliphatic heterocycles. The van der Waals surface area contributed by atoms with Crippen molar-refractivity contribution in [3.05, 3.63) is 28.8 Å². The van der Waals surface area contributed by atoms with Gasteiger partial charge in [-0.2, -0.15) is 0 Å². The lowest BCUT2D eigenvalue weighted by molar-refractivity contribution is 0.410. The molecule has 0 bridgehead atoms. The predicted octanol–water partition coefficient (Wildman–Crippen LogP) is 4.46. The summed E-state index contributed by atoms with van der Waals surface area (Å²) in [6.45, 7) is 12.6. The van der Waals surface area contributed by atoms with Gasteiger partial charge in [0, 0.05) is 0 Å². The Morgan fingerprint density at radius 1 is 1.07 bits per heavy atom. The molecule has 0 unspecified atom stereocenters. The predicted molar refractivity (Wildman–Crippen MR) is 67.9 cm³/mol. The van der Waals surface area contributed by atoms with Crippen LogP contribution in [0.4, 0.5) is 0 Å². The fourth-order valence-corrected chi connectivity index (χ4v) is 1.66. The summed E-state index contributed by atoms with van der Waals surface area (Å²) < 4.78 is 5.32. The van der Waals surface area contributed by atoms with Crippen molar-refractivity contribution in [3.8, 4) is 5.75 Å². The summed E-state index contributed by atoms with van der Waals surface area (Å²) in [6, 6.07) is 4.32. The molecule has 1 rings (SSSR count). The van der Waals surface area contributed by atoms with E-state index in [2.05, 4.69) is 39.8 Å². The van der Waals surface area contributed by atoms with Crippen molar-refractivity contribution in [1.29, 1.82) is 0 Å². The monoisotopic (exact) mass is 208 g/mol. The molecule has 1 aromatic carbocycles. The fraction of sp³-hybridized carbons (Fsp3) is 0.571. The van der Waals surface area contributed by atoms with Gasteiger partial charge in [-0.25, -0.2) is 0 Å². The number of hydrogen-bond acceptors (Lipinski definition) is 1. The molecule has 0 atom stereocenters. The lowest BCUT2D eigenvalue weighted by Gasteiger charge is -2.14. The van der Waals surface area contributed by atoms with E-state index in [0.717, 1.165) is 5.75 Å². The Bertz CT molecular complexity index is 300. The molecular weight excluding hydrogens is 184 g/mol. The van der Waals surface area contributed by atoms with Crippen LogP contribution in [0.2, 0.25) is 0 Å². The quantitative estimate of drug-likeness (QED) is 0.697. The summed E-state index contributed by atoms with van der Waals surface area (Å²) >= 11 is 0. The molecule has 0 N–H and O–H groups in total. The van der Waals surface area contributed by atoms with Gasteiger partial charge in [0.25, 0.3) is 0 Å². The lowest BCUT2D eigenvalue weighted by Crippen LogP contribution is -1.96. The van der Waals surface area contributed by atoms with E-state index in [1.165, 1.54) is 16.7 Å². The molecule has 0 fully saturated rings. The molecule has 0 spiro atoms. The highest BCUT2D eigenvalue weighted by molar-refractivity contribution is 5.43. The smallest absolute Gasteiger partial charge is 0.122 e. The van der Waals surface area contributed by atoms with Crippen LogP contribution in [0.15, 0.2) is 12.1 Å². The number of hydrogen-bond donors (Lipinski definition) is 0. The van der Waals surface area contributed by atoms with Gasteiger partial charge >= 0.3 is 0 Å². The molecule has 0 saturated heterocycles. The maximum absolute atomic E-state index is 5.32. The van der Waals surface area contributed by atoms with Crippen molar-refractivity contribution in [2.45, 2.75) is 47.5 Å². The van der Waals surface area contributed by atoms with Crippen molar-refractivity contribution in [2.75, 3.05) is 7.11 Å². The maximum atomic E-state index is 5.32. The normalized spacial score (nSPS) is 9.60. The largest absolute Gasteiger partial charge is 0.496 e. The number of aryl methyl sites for hydroxylation is 1. The van der Waals surface area contributed by atoms with Crippen LogP contribution < -0.4 is 4.74 Å². The first kappa shape index (κ1) is 14.0. The third kappa shape index (κ3) is 3.58. The number of rotatable bonds is 2. The molecule has 0 radical (unpaired) electrons. The van der Waals surface area contributed by atoms with E-state index in [0.29, 0.717) is 5.92 Å². The van der Waals surface area contributed by atoms with Gasteiger partial charge < -0.3 is 4.74 Å². The molecule has 15 heavy (non-hydrogen) atoms. The highest BCUT2D eigenvalue weighted by atomic mass is 16.5. The van der Waals surface area contributed by atoms with E-state index < -0.39 is 0 Å². The van der Waals surface area contributed by atoms with Gasteiger partial charge in [-0.3, -0.25) is 0 Å². The van der Waals surface area contributed by atoms with Crippen LogP contribution in [-0.2, 0) is 0 Å². The van der Waals surface area contributed by atoms with Crippen LogP contribution in [0.25, 0.3) is 0 Å². The van der Waals surface area contributed by atoms with Crippen LogP contribution in [-0.4, -0.2) is 7.11 Å². The van der Waals surface area contributed by atoms with Gasteiger partial charge in [-0.1, -0.05) is 33.8 Å². The van der Waals surface area contributed by atoms with Gasteiger partial charge in [-0.05, 0) is 42.5 Å². The van der Waals surface area contributed by atoms with E-state index in [1.54, 1.807) is 7.11 Å². The molecule has 0 aliphatic rings. The van der Waals surface area contributed by atoms with Crippen LogP contribution in [0, 0.1) is 13.8 Å². The van der Waals surface area contributed by atoms with Gasteiger partial charge in [0.15, 0.2) is 0 Å². The van der Waals surface area contributed by atoms with E-state index in [4.69, 9.17) is 4.74 Å². The average molecular weight is 208 g/mol. The van der Waals surface area contributed by atoms with E-state index in [-0.39, 0.29) is 0 Å². The SMILES string of the molecule is CC.COc1cc(C)cc(C(C)C)c1C. The van der Waals surface area contributed by atoms with Gasteiger partial charge in [0.1, 0.15) is 5.75 Å². The molecule has 1 aromatic rings. The van der Waals surface area contributed by atoms with Crippen LogP contribution in [0.1, 0.15) is 50.3 Å². The topological polar surface area (TPSA) is 9.23 Å². The first-order chi connectivity index (χ1) is 7.06. The summed E-state index contributed by atoms with van der Waals surface area (Å²) in [5, 5.41) is 0. The minimum Gasteiger partial charge on any atom is -0.496 e. The summed E-state index contributed by atoms with van der Waals surface area (Å²) in [5.41, 5.74) is 3.92. The number of ether oxygens (including phenoxy) is 1. The standard InChI is InChI=1S/C12H18O.C2H6/c1-8(2)11-6-9(3)7-12(13-5)10(11)4;1-2/h6-8H,1-5H3;1-2H3. The molecule has 0 heterocycles. The number of benzene rings is 1. The zero-order valence-electron chi connectivity index (χ0n) is 11.1. The molecule has 0 saturated carbocycles. The Kier molecular flexibility index (Phi) is 6.07. The lowest BCUT2D eigenvalue weighted by atomic mass is 9.95. The second-order valence-corrected chi connectivity index (χ2v) is 3.84. The van der Waals surface area contributed by atoms with Crippen LogP contribution in [0.3, 0.4) is 0 Å². The Morgan fingerprint density at radius 2 is 1.60 bits per heavy atom. The van der Waals surface area contributed by atoms with Crippen molar-refractivity contribution in [1.82, 2.24) is 0 Å². The first-order valence-corrected chi connectivity index (χ1v) is 5.71. The third-order valence-corrected chi connectivity index (χ3v) is 2.39. The molecular formula is C14H24O. The highest BCUT2D eigenvalue weighted by Gasteiger charge is 2.08. The minimum absolute atomic E-state index is 0.564. The Labute approximate surface area is 94.5 Å². The molecule has 1 heteroatoms. The second kappa shape index (κ2) is 6.49. The van der Waals surface area contributed by atoms with Crippen molar-refractivity contribution in [2.24, 2.45) is 0 Å². The molecule has 0 aromatic heterocycles. The van der Waals surface area contributed by atoms with E-state index in [9.17, 15) is 0 Å². The highest BCUT2D eigenvalue weighted by Crippen LogP contribution is 2.28. The van der Waals surface area contributed by atoms with Crippen LogP contribution >= 0.6 is 0 Å². The zero-order valence-corrected chi connectivity index (χ0v) is 11.1. The number of methoxy groups -OCH3 is 1. The van der Waals surface area contributed by atoms with Crippen molar-refractivity contribution >= 4 is 0 Å². The molecule has 86 valence electrons. The first-order valence-electron chi connectivity index (χ1n) is 5.71. The van der Waals surface area contributed by atoms with Crippen molar-refractivity contribution < 1.29 is 4.74 Å². The molecule has 0 aliphatic carbocycles. The minimum atomic E-state index is 0.564. The van der Waals surface area contributed by atoms with Gasteiger partial charge in [0.05, 0.1) is 7.11 Å². The van der Waals surface area contributed by atoms with Crippen LogP contribution in [0.5, 0.6) is 5.75 Å². The summed E-state index contributed by atoms with van der Waals surface area (Å²) in [7, 11) is 1.73. The molecule has 1 nitrogen and oxygen atoms in total.